The van der Waals surface area contributed by atoms with Crippen LogP contribution in [0.3, 0.4) is 0 Å². The number of alkyl halides is 3. The lowest BCUT2D eigenvalue weighted by Gasteiger charge is -2.25. The Balaban J connectivity index is 2.05. The van der Waals surface area contributed by atoms with E-state index in [4.69, 9.17) is 9.47 Å². The van der Waals surface area contributed by atoms with Crippen LogP contribution in [-0.2, 0) is 25.6 Å². The number of carbonyl (C=O) groups excluding carboxylic acids is 1. The number of hydrogen-bond donors (Lipinski definition) is 0. The topological polar surface area (TPSA) is 65.8 Å². The lowest BCUT2D eigenvalue weighted by molar-refractivity contribution is -0.275. The second kappa shape index (κ2) is 10.7. The van der Waals surface area contributed by atoms with Crippen molar-refractivity contribution in [1.29, 1.82) is 0 Å². The summed E-state index contributed by atoms with van der Waals surface area (Å²) in [5, 5.41) is 4.44. The van der Waals surface area contributed by atoms with E-state index in [0.717, 1.165) is 6.07 Å². The van der Waals surface area contributed by atoms with Gasteiger partial charge in [-0.25, -0.2) is 4.39 Å². The molecule has 3 rings (SSSR count). The molecule has 37 heavy (non-hydrogen) atoms. The molecule has 0 unspecified atom stereocenters. The molecular weight excluding hydrogens is 494 g/mol. The van der Waals surface area contributed by atoms with Gasteiger partial charge in [0.05, 0.1) is 26.5 Å². The van der Waals surface area contributed by atoms with E-state index < -0.39 is 23.8 Å². The van der Waals surface area contributed by atoms with Gasteiger partial charge in [-0.2, -0.15) is 5.10 Å². The fraction of sp³-hybridized carbons (Fsp3) is 0.385. The van der Waals surface area contributed by atoms with Gasteiger partial charge >= 0.3 is 6.36 Å². The molecule has 0 saturated carbocycles. The third-order valence-corrected chi connectivity index (χ3v) is 5.64. The van der Waals surface area contributed by atoms with Crippen molar-refractivity contribution in [1.82, 2.24) is 14.7 Å². The van der Waals surface area contributed by atoms with Gasteiger partial charge in [0, 0.05) is 36.2 Å². The Morgan fingerprint density at radius 2 is 1.65 bits per heavy atom. The van der Waals surface area contributed by atoms with Gasteiger partial charge in [-0.15, -0.1) is 13.2 Å². The number of ether oxygens (including phenoxy) is 3. The van der Waals surface area contributed by atoms with Crippen molar-refractivity contribution in [3.63, 3.8) is 0 Å². The van der Waals surface area contributed by atoms with Crippen molar-refractivity contribution >= 4 is 5.91 Å². The highest BCUT2D eigenvalue weighted by molar-refractivity contribution is 5.92. The van der Waals surface area contributed by atoms with Crippen molar-refractivity contribution in [3.8, 4) is 17.2 Å². The summed E-state index contributed by atoms with van der Waals surface area (Å²) in [5.74, 6) is -1.73. The van der Waals surface area contributed by atoms with Crippen LogP contribution in [-0.4, -0.2) is 41.2 Å². The Morgan fingerprint density at radius 1 is 0.973 bits per heavy atom. The second-order valence-electron chi connectivity index (χ2n) is 9.40. The molecular formula is C26H29F4N3O4. The van der Waals surface area contributed by atoms with Gasteiger partial charge in [0.15, 0.2) is 11.6 Å². The Kier molecular flexibility index (Phi) is 8.04. The third kappa shape index (κ3) is 6.72. The summed E-state index contributed by atoms with van der Waals surface area (Å²) in [6, 6.07) is 10.1. The number of nitrogens with zero attached hydrogens (tertiary/aromatic N) is 3. The predicted molar refractivity (Wildman–Crippen MR) is 128 cm³/mol. The van der Waals surface area contributed by atoms with Crippen molar-refractivity contribution in [3.05, 3.63) is 70.8 Å². The molecule has 3 aromatic rings. The number of aryl methyl sites for hydroxylation is 1. The number of rotatable bonds is 8. The highest BCUT2D eigenvalue weighted by Gasteiger charge is 2.33. The molecule has 1 amide bonds. The molecule has 7 nitrogen and oxygen atoms in total. The Hall–Kier alpha value is -3.76. The maximum atomic E-state index is 15.0. The molecule has 0 N–H and O–H groups in total. The molecule has 11 heteroatoms. The fourth-order valence-electron chi connectivity index (χ4n) is 3.67. The Bertz CT molecular complexity index is 1270. The molecule has 2 aromatic carbocycles. The van der Waals surface area contributed by atoms with Crippen LogP contribution in [0.15, 0.2) is 42.5 Å². The summed E-state index contributed by atoms with van der Waals surface area (Å²) in [6.07, 6.45) is -5.07. The van der Waals surface area contributed by atoms with E-state index >= 15 is 4.39 Å². The number of carbonyl (C=O) groups is 1. The number of amides is 1. The largest absolute Gasteiger partial charge is 0.573 e. The third-order valence-electron chi connectivity index (χ3n) is 5.64. The van der Waals surface area contributed by atoms with E-state index in [1.54, 1.807) is 31.3 Å². The molecule has 0 atom stereocenters. The van der Waals surface area contributed by atoms with E-state index in [-0.39, 0.29) is 29.8 Å². The van der Waals surface area contributed by atoms with Gasteiger partial charge in [0.25, 0.3) is 5.91 Å². The minimum Gasteiger partial charge on any atom is -0.497 e. The lowest BCUT2D eigenvalue weighted by atomic mass is 9.92. The molecule has 0 aliphatic rings. The van der Waals surface area contributed by atoms with Gasteiger partial charge in [0.2, 0.25) is 0 Å². The monoisotopic (exact) mass is 523 g/mol. The fourth-order valence-corrected chi connectivity index (χ4v) is 3.67. The van der Waals surface area contributed by atoms with E-state index in [0.29, 0.717) is 22.8 Å². The van der Waals surface area contributed by atoms with Crippen LogP contribution in [0.25, 0.3) is 0 Å². The molecule has 0 aliphatic heterocycles. The first kappa shape index (κ1) is 27.8. The van der Waals surface area contributed by atoms with E-state index in [2.05, 4.69) is 9.84 Å². The van der Waals surface area contributed by atoms with E-state index in [9.17, 15) is 18.0 Å². The zero-order chi connectivity index (χ0) is 27.5. The first-order chi connectivity index (χ1) is 17.2. The highest BCUT2D eigenvalue weighted by atomic mass is 19.4. The van der Waals surface area contributed by atoms with E-state index in [1.165, 1.54) is 35.9 Å². The van der Waals surface area contributed by atoms with Gasteiger partial charge < -0.3 is 19.1 Å². The van der Waals surface area contributed by atoms with Crippen molar-refractivity contribution in [2.75, 3.05) is 14.2 Å². The number of hydrogen-bond acceptors (Lipinski definition) is 5. The lowest BCUT2D eigenvalue weighted by Crippen LogP contribution is -2.32. The second-order valence-corrected chi connectivity index (χ2v) is 9.40. The van der Waals surface area contributed by atoms with Crippen LogP contribution in [0.4, 0.5) is 17.6 Å². The maximum Gasteiger partial charge on any atom is 0.573 e. The summed E-state index contributed by atoms with van der Waals surface area (Å²) in [4.78, 5) is 15.0. The van der Waals surface area contributed by atoms with Crippen LogP contribution in [0.5, 0.6) is 17.2 Å². The minimum atomic E-state index is -5.07. The molecule has 0 spiro atoms. The summed E-state index contributed by atoms with van der Waals surface area (Å²) >= 11 is 0. The quantitative estimate of drug-likeness (QED) is 0.359. The average Bonchev–Trinajstić information content (AvgIpc) is 3.22. The molecule has 0 aliphatic carbocycles. The highest BCUT2D eigenvalue weighted by Crippen LogP contribution is 2.31. The zero-order valence-corrected chi connectivity index (χ0v) is 21.4. The van der Waals surface area contributed by atoms with Crippen LogP contribution in [0.2, 0.25) is 0 Å². The molecule has 200 valence electrons. The number of aromatic nitrogens is 2. The molecule has 1 heterocycles. The number of benzene rings is 2. The number of methoxy groups -OCH3 is 2. The standard InChI is InChI=1S/C26H29F4N3O4/c1-25(2,3)22-13-19(32(4)31-22)24(34)33(14-16-10-11-18(35-5)12-21(16)36-6)15-17-8-7-9-20(23(17)27)37-26(28,29)30/h7-13H,14-15H2,1-6H3. The SMILES string of the molecule is COc1ccc(CN(Cc2cccc(OC(F)(F)F)c2F)C(=O)c2cc(C(C)(C)C)nn2C)c(OC)c1. The smallest absolute Gasteiger partial charge is 0.497 e. The summed E-state index contributed by atoms with van der Waals surface area (Å²) < 4.78 is 69.2. The minimum absolute atomic E-state index is 0.0359. The van der Waals surface area contributed by atoms with Gasteiger partial charge in [-0.05, 0) is 24.3 Å². The van der Waals surface area contributed by atoms with Gasteiger partial charge in [-0.3, -0.25) is 9.48 Å². The van der Waals surface area contributed by atoms with Crippen molar-refractivity contribution in [2.45, 2.75) is 45.6 Å². The molecule has 0 radical (unpaired) electrons. The summed E-state index contributed by atoms with van der Waals surface area (Å²) in [7, 11) is 4.57. The number of halogens is 4. The maximum absolute atomic E-state index is 15.0. The Morgan fingerprint density at radius 3 is 2.22 bits per heavy atom. The molecule has 1 aromatic heterocycles. The van der Waals surface area contributed by atoms with Crippen LogP contribution in [0.1, 0.15) is 48.1 Å². The van der Waals surface area contributed by atoms with Crippen LogP contribution >= 0.6 is 0 Å². The Labute approximate surface area is 212 Å². The predicted octanol–water partition coefficient (Wildman–Crippen LogP) is 5.62. The van der Waals surface area contributed by atoms with Crippen molar-refractivity contribution in [2.24, 2.45) is 7.05 Å². The van der Waals surface area contributed by atoms with Crippen LogP contribution < -0.4 is 14.2 Å². The molecule has 0 bridgehead atoms. The van der Waals surface area contributed by atoms with Crippen LogP contribution in [0, 0.1) is 5.82 Å². The molecule has 0 fully saturated rings. The van der Waals surface area contributed by atoms with Gasteiger partial charge in [-0.1, -0.05) is 32.9 Å². The summed E-state index contributed by atoms with van der Waals surface area (Å²) in [6.45, 7) is 5.47. The van der Waals surface area contributed by atoms with Gasteiger partial charge in [0.1, 0.15) is 17.2 Å². The van der Waals surface area contributed by atoms with E-state index in [1.807, 2.05) is 20.8 Å². The summed E-state index contributed by atoms with van der Waals surface area (Å²) in [5.41, 5.74) is 1.00. The zero-order valence-electron chi connectivity index (χ0n) is 21.4. The normalized spacial score (nSPS) is 11.8. The van der Waals surface area contributed by atoms with Crippen molar-refractivity contribution < 1.29 is 36.6 Å². The average molecular weight is 524 g/mol. The first-order valence-corrected chi connectivity index (χ1v) is 11.3. The molecule has 0 saturated heterocycles. The first-order valence-electron chi connectivity index (χ1n) is 11.3.